The fraction of sp³-hybridized carbons (Fsp3) is 0.231. The van der Waals surface area contributed by atoms with Crippen molar-refractivity contribution in [1.29, 1.82) is 0 Å². The van der Waals surface area contributed by atoms with E-state index in [1.54, 1.807) is 6.20 Å². The van der Waals surface area contributed by atoms with Crippen LogP contribution in [0.25, 0.3) is 10.9 Å². The van der Waals surface area contributed by atoms with Gasteiger partial charge in [-0.15, -0.1) is 0 Å². The van der Waals surface area contributed by atoms with E-state index >= 15 is 0 Å². The third-order valence-corrected chi connectivity index (χ3v) is 3.72. The number of hydrogen-bond donors (Lipinski definition) is 1. The van der Waals surface area contributed by atoms with Crippen LogP contribution < -0.4 is 10.9 Å². The van der Waals surface area contributed by atoms with E-state index < -0.39 is 17.1 Å². The molecule has 1 fully saturated rings. The predicted octanol–water partition coefficient (Wildman–Crippen LogP) is 1.87. The van der Waals surface area contributed by atoms with Crippen LogP contribution in [0.4, 0.5) is 9.18 Å². The van der Waals surface area contributed by atoms with Crippen molar-refractivity contribution in [3.05, 3.63) is 39.4 Å². The van der Waals surface area contributed by atoms with Crippen LogP contribution in [0.1, 0.15) is 18.9 Å². The van der Waals surface area contributed by atoms with E-state index in [1.807, 2.05) is 4.57 Å². The first-order chi connectivity index (χ1) is 9.47. The van der Waals surface area contributed by atoms with Crippen molar-refractivity contribution in [2.75, 3.05) is 0 Å². The van der Waals surface area contributed by atoms with E-state index in [0.29, 0.717) is 5.52 Å². The summed E-state index contributed by atoms with van der Waals surface area (Å²) in [6, 6.07) is 2.74. The molecule has 1 aliphatic carbocycles. The Bertz CT molecular complexity index is 785. The maximum Gasteiger partial charge on any atom is 0.299 e. The largest absolute Gasteiger partial charge is 0.489 e. The molecule has 1 aromatic carbocycles. The quantitative estimate of drug-likeness (QED) is 0.879. The molecule has 0 radical (unpaired) electrons. The molecule has 0 amide bonds. The lowest BCUT2D eigenvalue weighted by Crippen LogP contribution is -2.37. The van der Waals surface area contributed by atoms with Crippen molar-refractivity contribution >= 4 is 41.1 Å². The van der Waals surface area contributed by atoms with Gasteiger partial charge in [-0.1, -0.05) is 11.6 Å². The van der Waals surface area contributed by atoms with Crippen molar-refractivity contribution < 1.29 is 14.3 Å². The van der Waals surface area contributed by atoms with Crippen LogP contribution in [0, 0.1) is 5.82 Å². The van der Waals surface area contributed by atoms with Crippen molar-refractivity contribution in [2.45, 2.75) is 18.9 Å². The number of fused-ring (bicyclic) bond motifs is 1. The van der Waals surface area contributed by atoms with Crippen molar-refractivity contribution in [3.8, 4) is 0 Å². The summed E-state index contributed by atoms with van der Waals surface area (Å²) in [6.45, 7) is 0. The normalized spacial score (nSPS) is 14.5. The Morgan fingerprint density at radius 1 is 1.45 bits per heavy atom. The topological polar surface area (TPSA) is 59.3 Å². The molecule has 0 atom stereocenters. The highest BCUT2D eigenvalue weighted by atomic mass is 35.5. The second-order valence-corrected chi connectivity index (χ2v) is 5.38. The molecule has 4 nitrogen and oxygen atoms in total. The number of pyridine rings is 1. The summed E-state index contributed by atoms with van der Waals surface area (Å²) < 4.78 is 15.4. The monoisotopic (exact) mass is 293 g/mol. The third kappa shape index (κ3) is 2.20. The number of benzene rings is 1. The zero-order valence-electron chi connectivity index (χ0n) is 10.4. The number of rotatable bonds is 3. The second kappa shape index (κ2) is 4.63. The molecule has 7 heteroatoms. The van der Waals surface area contributed by atoms with Gasteiger partial charge in [0.15, 0.2) is 5.43 Å². The maximum atomic E-state index is 13.6. The lowest BCUT2D eigenvalue weighted by Gasteiger charge is -2.12. The van der Waals surface area contributed by atoms with Crippen molar-refractivity contribution in [3.63, 3.8) is 0 Å². The predicted molar refractivity (Wildman–Crippen MR) is 76.3 cm³/mol. The van der Waals surface area contributed by atoms with E-state index in [1.165, 1.54) is 6.07 Å². The van der Waals surface area contributed by atoms with Gasteiger partial charge in [0.1, 0.15) is 5.82 Å². The third-order valence-electron chi connectivity index (χ3n) is 3.43. The molecule has 1 N–H and O–H groups in total. The van der Waals surface area contributed by atoms with Gasteiger partial charge in [-0.25, -0.2) is 4.39 Å². The standard InChI is InChI=1S/C13H10BClFNO3/c15-9-4-11-7(3-10(9)16)12(18)8(14-13(19)20)5-17(11)6-1-2-6/h3-6,14H,1-2H2,(H,19,20). The second-order valence-electron chi connectivity index (χ2n) is 4.98. The number of nitrogens with zero attached hydrogens (tertiary/aromatic N) is 1. The summed E-state index contributed by atoms with van der Waals surface area (Å²) in [7, 11) is -0.369. The highest BCUT2D eigenvalue weighted by Crippen LogP contribution is 2.37. The van der Waals surface area contributed by atoms with Crippen LogP contribution in [-0.4, -0.2) is 22.8 Å². The Kier molecular flexibility index (Phi) is 3.05. The first kappa shape index (κ1) is 13.2. The van der Waals surface area contributed by atoms with Gasteiger partial charge in [0.05, 0.1) is 10.5 Å². The van der Waals surface area contributed by atoms with Crippen LogP contribution in [-0.2, 0) is 0 Å². The number of carboxylic acid groups (broad SMARTS) is 1. The minimum Gasteiger partial charge on any atom is -0.489 e. The fourth-order valence-electron chi connectivity index (χ4n) is 2.34. The maximum absolute atomic E-state index is 13.6. The minimum absolute atomic E-state index is 0.0442. The Morgan fingerprint density at radius 2 is 2.15 bits per heavy atom. The molecule has 102 valence electrons. The number of aromatic nitrogens is 1. The molecule has 1 heterocycles. The summed E-state index contributed by atoms with van der Waals surface area (Å²) in [4.78, 5) is 23.1. The zero-order chi connectivity index (χ0) is 14.4. The Balaban J connectivity index is 2.33. The molecule has 1 aromatic heterocycles. The van der Waals surface area contributed by atoms with Gasteiger partial charge in [0.25, 0.3) is 13.1 Å². The lowest BCUT2D eigenvalue weighted by molar-refractivity contribution is 0.220. The Morgan fingerprint density at radius 3 is 2.75 bits per heavy atom. The van der Waals surface area contributed by atoms with Crippen LogP contribution in [0.2, 0.25) is 5.02 Å². The van der Waals surface area contributed by atoms with Crippen molar-refractivity contribution in [2.24, 2.45) is 0 Å². The molecule has 0 unspecified atom stereocenters. The van der Waals surface area contributed by atoms with Crippen LogP contribution in [0.15, 0.2) is 23.1 Å². The molecule has 0 saturated heterocycles. The fourth-order valence-corrected chi connectivity index (χ4v) is 2.50. The van der Waals surface area contributed by atoms with Gasteiger partial charge in [-0.2, -0.15) is 0 Å². The van der Waals surface area contributed by atoms with E-state index in [4.69, 9.17) is 16.7 Å². The molecule has 2 aromatic rings. The molecule has 0 spiro atoms. The van der Waals surface area contributed by atoms with E-state index in [-0.39, 0.29) is 29.2 Å². The summed E-state index contributed by atoms with van der Waals surface area (Å²) in [6.07, 6.45) is 3.48. The average molecular weight is 293 g/mol. The van der Waals surface area contributed by atoms with Gasteiger partial charge in [-0.05, 0) is 30.4 Å². The number of halogens is 2. The van der Waals surface area contributed by atoms with Crippen LogP contribution in [0.5, 0.6) is 0 Å². The minimum atomic E-state index is -1.08. The van der Waals surface area contributed by atoms with Gasteiger partial charge in [0, 0.05) is 17.6 Å². The summed E-state index contributed by atoms with van der Waals surface area (Å²) in [5, 5.41) is 9.00. The Labute approximate surface area is 119 Å². The van der Waals surface area contributed by atoms with Gasteiger partial charge in [0.2, 0.25) is 0 Å². The highest BCUT2D eigenvalue weighted by molar-refractivity contribution is 6.82. The first-order valence-electron chi connectivity index (χ1n) is 6.22. The molecule has 0 bridgehead atoms. The first-order valence-corrected chi connectivity index (χ1v) is 6.59. The van der Waals surface area contributed by atoms with Gasteiger partial charge >= 0.3 is 0 Å². The van der Waals surface area contributed by atoms with Crippen LogP contribution in [0.3, 0.4) is 0 Å². The van der Waals surface area contributed by atoms with Crippen LogP contribution >= 0.6 is 11.6 Å². The van der Waals surface area contributed by atoms with Crippen molar-refractivity contribution in [1.82, 2.24) is 4.57 Å². The molecule has 1 aliphatic rings. The van der Waals surface area contributed by atoms with E-state index in [9.17, 15) is 14.0 Å². The van der Waals surface area contributed by atoms with Gasteiger partial charge in [-0.3, -0.25) is 9.59 Å². The SMILES string of the molecule is O=C(O)Bc1cn(C2CC2)c2cc(Cl)c(F)cc2c1=O. The average Bonchev–Trinajstić information content (AvgIpc) is 3.19. The molecule has 3 rings (SSSR count). The van der Waals surface area contributed by atoms with Gasteiger partial charge < -0.3 is 9.67 Å². The summed E-state index contributed by atoms with van der Waals surface area (Å²) >= 11 is 5.78. The summed E-state index contributed by atoms with van der Waals surface area (Å²) in [5.74, 6) is -1.76. The zero-order valence-corrected chi connectivity index (χ0v) is 11.2. The molecule has 1 saturated carbocycles. The smallest absolute Gasteiger partial charge is 0.299 e. The molecule has 20 heavy (non-hydrogen) atoms. The van der Waals surface area contributed by atoms with E-state index in [2.05, 4.69) is 0 Å². The lowest BCUT2D eigenvalue weighted by atomic mass is 9.71. The molecular formula is C13H10BClFNO3. The highest BCUT2D eigenvalue weighted by Gasteiger charge is 2.26. The number of hydrogen-bond acceptors (Lipinski definition) is 2. The number of carbonyl (C=O) groups is 1. The summed E-state index contributed by atoms with van der Waals surface area (Å²) in [5.41, 5.74) is 0.270. The molecular weight excluding hydrogens is 283 g/mol. The Hall–Kier alpha value is -1.82. The van der Waals surface area contributed by atoms with E-state index in [0.717, 1.165) is 18.9 Å². The molecule has 0 aliphatic heterocycles.